The molecule has 0 fully saturated rings. The smallest absolute Gasteiger partial charge is 0.251 e. The van der Waals surface area contributed by atoms with Crippen LogP contribution in [0.25, 0.3) is 0 Å². The van der Waals surface area contributed by atoms with Gasteiger partial charge in [-0.05, 0) is 61.7 Å². The predicted octanol–water partition coefficient (Wildman–Crippen LogP) is 3.99. The average molecular weight is 361 g/mol. The van der Waals surface area contributed by atoms with Crippen LogP contribution in [0.2, 0.25) is 0 Å². The van der Waals surface area contributed by atoms with Crippen molar-refractivity contribution >= 4 is 18.3 Å². The number of hydrogen-bond donors (Lipinski definition) is 2. The van der Waals surface area contributed by atoms with Crippen LogP contribution in [-0.4, -0.2) is 12.0 Å². The highest BCUT2D eigenvalue weighted by Crippen LogP contribution is 2.20. The van der Waals surface area contributed by atoms with Gasteiger partial charge in [-0.2, -0.15) is 0 Å². The van der Waals surface area contributed by atoms with Crippen LogP contribution >= 0.6 is 12.4 Å². The van der Waals surface area contributed by atoms with Gasteiger partial charge in [-0.3, -0.25) is 4.79 Å². The third-order valence-electron chi connectivity index (χ3n) is 4.20. The van der Waals surface area contributed by atoms with Crippen molar-refractivity contribution in [3.8, 4) is 5.75 Å². The molecule has 2 aromatic rings. The number of carbonyl (C=O) groups is 1. The number of fused-ring (bicyclic) bond motifs is 1. The van der Waals surface area contributed by atoms with Gasteiger partial charge >= 0.3 is 0 Å². The van der Waals surface area contributed by atoms with Crippen LogP contribution in [0.15, 0.2) is 42.5 Å². The van der Waals surface area contributed by atoms with E-state index in [-0.39, 0.29) is 30.5 Å². The third-order valence-corrected chi connectivity index (χ3v) is 4.20. The molecule has 134 valence electrons. The van der Waals surface area contributed by atoms with Crippen molar-refractivity contribution in [2.24, 2.45) is 0 Å². The number of carbonyl (C=O) groups excluding carboxylic acids is 1. The Balaban J connectivity index is 0.00000225. The van der Waals surface area contributed by atoms with Crippen LogP contribution in [0.1, 0.15) is 53.9 Å². The van der Waals surface area contributed by atoms with E-state index in [2.05, 4.69) is 10.6 Å². The molecule has 25 heavy (non-hydrogen) atoms. The van der Waals surface area contributed by atoms with Crippen molar-refractivity contribution in [3.05, 3.63) is 64.7 Å². The molecule has 0 aromatic heterocycles. The first-order chi connectivity index (χ1) is 11.5. The van der Waals surface area contributed by atoms with E-state index in [1.807, 2.05) is 63.2 Å². The molecule has 1 heterocycles. The predicted molar refractivity (Wildman–Crippen MR) is 102 cm³/mol. The summed E-state index contributed by atoms with van der Waals surface area (Å²) in [5.41, 5.74) is 4.26. The van der Waals surface area contributed by atoms with E-state index in [4.69, 9.17) is 4.74 Å². The Labute approximate surface area is 155 Å². The van der Waals surface area contributed by atoms with Gasteiger partial charge in [-0.15, -0.1) is 12.4 Å². The second kappa shape index (κ2) is 8.37. The van der Waals surface area contributed by atoms with E-state index in [1.165, 1.54) is 11.1 Å². The van der Waals surface area contributed by atoms with Gasteiger partial charge in [0.1, 0.15) is 5.75 Å². The van der Waals surface area contributed by atoms with Crippen molar-refractivity contribution < 1.29 is 9.53 Å². The zero-order valence-corrected chi connectivity index (χ0v) is 15.7. The van der Waals surface area contributed by atoms with E-state index in [0.717, 1.165) is 24.4 Å². The van der Waals surface area contributed by atoms with Gasteiger partial charge < -0.3 is 15.4 Å². The van der Waals surface area contributed by atoms with Crippen LogP contribution in [0.4, 0.5) is 0 Å². The summed E-state index contributed by atoms with van der Waals surface area (Å²) in [6, 6.07) is 13.7. The highest BCUT2D eigenvalue weighted by Gasteiger charge is 2.15. The molecule has 0 saturated heterocycles. The standard InChI is InChI=1S/C20H24N2O2.ClH/c1-13(2)24-19-8-6-15(7-9-19)14(3)22-20(23)16-4-5-17-11-21-12-18(17)10-16;/h4-10,13-14,21H,11-12H2,1-3H3,(H,22,23);1H. The first kappa shape index (κ1) is 19.3. The van der Waals surface area contributed by atoms with Crippen molar-refractivity contribution in [1.82, 2.24) is 10.6 Å². The third kappa shape index (κ3) is 4.74. The monoisotopic (exact) mass is 360 g/mol. The summed E-state index contributed by atoms with van der Waals surface area (Å²) in [6.07, 6.45) is 0.155. The Bertz CT molecular complexity index is 729. The molecule has 4 nitrogen and oxygen atoms in total. The number of amides is 1. The molecule has 5 heteroatoms. The SMILES string of the molecule is CC(C)Oc1ccc(C(C)NC(=O)c2ccc3c(c2)CNC3)cc1.Cl. The minimum absolute atomic E-state index is 0. The lowest BCUT2D eigenvalue weighted by molar-refractivity contribution is 0.0940. The van der Waals surface area contributed by atoms with Gasteiger partial charge in [0.05, 0.1) is 12.1 Å². The molecule has 1 atom stereocenters. The molecule has 1 aliphatic heterocycles. The van der Waals surface area contributed by atoms with E-state index in [9.17, 15) is 4.79 Å². The van der Waals surface area contributed by atoms with Crippen LogP contribution in [0, 0.1) is 0 Å². The highest BCUT2D eigenvalue weighted by atomic mass is 35.5. The normalized spacial score (nSPS) is 13.8. The first-order valence-electron chi connectivity index (χ1n) is 8.43. The largest absolute Gasteiger partial charge is 0.491 e. The molecule has 1 amide bonds. The van der Waals surface area contributed by atoms with Gasteiger partial charge in [-0.1, -0.05) is 18.2 Å². The summed E-state index contributed by atoms with van der Waals surface area (Å²) in [6.45, 7) is 7.72. The zero-order chi connectivity index (χ0) is 17.1. The lowest BCUT2D eigenvalue weighted by atomic mass is 10.0. The van der Waals surface area contributed by atoms with Crippen LogP contribution in [0.3, 0.4) is 0 Å². The number of ether oxygens (including phenoxy) is 1. The lowest BCUT2D eigenvalue weighted by Gasteiger charge is -2.16. The Kier molecular flexibility index (Phi) is 6.45. The Hall–Kier alpha value is -2.04. The van der Waals surface area contributed by atoms with Crippen molar-refractivity contribution in [2.45, 2.75) is 46.0 Å². The van der Waals surface area contributed by atoms with Gasteiger partial charge in [0.25, 0.3) is 5.91 Å². The maximum atomic E-state index is 12.5. The molecule has 1 unspecified atom stereocenters. The summed E-state index contributed by atoms with van der Waals surface area (Å²) in [5.74, 6) is 0.804. The fourth-order valence-corrected chi connectivity index (χ4v) is 2.91. The zero-order valence-electron chi connectivity index (χ0n) is 14.8. The average Bonchev–Trinajstić information content (AvgIpc) is 3.02. The Morgan fingerprint density at radius 2 is 1.72 bits per heavy atom. The molecule has 2 N–H and O–H groups in total. The minimum Gasteiger partial charge on any atom is -0.491 e. The second-order valence-corrected chi connectivity index (χ2v) is 6.52. The fourth-order valence-electron chi connectivity index (χ4n) is 2.91. The number of nitrogens with one attached hydrogen (secondary N) is 2. The van der Waals surface area contributed by atoms with Crippen LogP contribution in [0.5, 0.6) is 5.75 Å². The van der Waals surface area contributed by atoms with E-state index in [0.29, 0.717) is 5.56 Å². The fraction of sp³-hybridized carbons (Fsp3) is 0.350. The van der Waals surface area contributed by atoms with Gasteiger partial charge in [0.15, 0.2) is 0 Å². The molecule has 0 bridgehead atoms. The molecule has 0 spiro atoms. The van der Waals surface area contributed by atoms with Crippen molar-refractivity contribution in [2.75, 3.05) is 0 Å². The topological polar surface area (TPSA) is 50.4 Å². The lowest BCUT2D eigenvalue weighted by Crippen LogP contribution is -2.26. The highest BCUT2D eigenvalue weighted by molar-refractivity contribution is 5.94. The minimum atomic E-state index is -0.0584. The van der Waals surface area contributed by atoms with E-state index >= 15 is 0 Å². The quantitative estimate of drug-likeness (QED) is 0.847. The van der Waals surface area contributed by atoms with Gasteiger partial charge in [-0.25, -0.2) is 0 Å². The number of hydrogen-bond acceptors (Lipinski definition) is 3. The van der Waals surface area contributed by atoms with Gasteiger partial charge in [0, 0.05) is 18.7 Å². The summed E-state index contributed by atoms with van der Waals surface area (Å²) >= 11 is 0. The molecule has 0 saturated carbocycles. The van der Waals surface area contributed by atoms with E-state index in [1.54, 1.807) is 0 Å². The van der Waals surface area contributed by atoms with Crippen molar-refractivity contribution in [3.63, 3.8) is 0 Å². The van der Waals surface area contributed by atoms with Crippen molar-refractivity contribution in [1.29, 1.82) is 0 Å². The maximum Gasteiger partial charge on any atom is 0.251 e. The molecule has 3 rings (SSSR count). The summed E-state index contributed by atoms with van der Waals surface area (Å²) < 4.78 is 5.65. The summed E-state index contributed by atoms with van der Waals surface area (Å²) in [5, 5.41) is 6.36. The van der Waals surface area contributed by atoms with E-state index < -0.39 is 0 Å². The molecule has 0 radical (unpaired) electrons. The molecule has 2 aromatic carbocycles. The second-order valence-electron chi connectivity index (χ2n) is 6.52. The summed E-state index contributed by atoms with van der Waals surface area (Å²) in [4.78, 5) is 12.5. The molecule has 1 aliphatic rings. The number of halogens is 1. The summed E-state index contributed by atoms with van der Waals surface area (Å²) in [7, 11) is 0. The van der Waals surface area contributed by atoms with Crippen LogP contribution in [-0.2, 0) is 13.1 Å². The Morgan fingerprint density at radius 3 is 2.40 bits per heavy atom. The molecular weight excluding hydrogens is 336 g/mol. The number of rotatable bonds is 5. The van der Waals surface area contributed by atoms with Crippen LogP contribution < -0.4 is 15.4 Å². The first-order valence-corrected chi connectivity index (χ1v) is 8.43. The van der Waals surface area contributed by atoms with Gasteiger partial charge in [0.2, 0.25) is 0 Å². The Morgan fingerprint density at radius 1 is 1.04 bits per heavy atom. The number of benzene rings is 2. The maximum absolute atomic E-state index is 12.5. The molecular formula is C20H25ClN2O2. The molecule has 0 aliphatic carbocycles.